The second kappa shape index (κ2) is 8.48. The highest BCUT2D eigenvalue weighted by atomic mass is 16.5. The van der Waals surface area contributed by atoms with Crippen molar-refractivity contribution in [1.82, 2.24) is 10.2 Å². The number of hydrogen-bond acceptors (Lipinski definition) is 5. The lowest BCUT2D eigenvalue weighted by atomic mass is 9.87. The van der Waals surface area contributed by atoms with Crippen LogP contribution in [0, 0.1) is 0 Å². The van der Waals surface area contributed by atoms with Gasteiger partial charge in [0.05, 0.1) is 6.61 Å². The number of benzene rings is 2. The minimum atomic E-state index is -0.450. The van der Waals surface area contributed by atoms with Crippen LogP contribution in [0.25, 0.3) is 0 Å². The minimum absolute atomic E-state index is 0.0954. The number of piperidine rings is 1. The SMILES string of the molecule is CCOc1cccc(C2CC(c3ccccc3)=NC3(CCN(C(C)=O)CC3)N2)c1O. The first-order valence-corrected chi connectivity index (χ1v) is 10.6. The fourth-order valence-corrected chi connectivity index (χ4v) is 4.45. The molecule has 4 rings (SSSR count). The highest BCUT2D eigenvalue weighted by molar-refractivity contribution is 6.01. The Hall–Kier alpha value is -2.86. The Balaban J connectivity index is 1.70. The highest BCUT2D eigenvalue weighted by Gasteiger charge is 2.41. The number of amides is 1. The van der Waals surface area contributed by atoms with Crippen molar-refractivity contribution in [1.29, 1.82) is 0 Å². The molecule has 158 valence electrons. The second-order valence-corrected chi connectivity index (χ2v) is 7.99. The quantitative estimate of drug-likeness (QED) is 0.811. The van der Waals surface area contributed by atoms with Gasteiger partial charge in [-0.2, -0.15) is 0 Å². The maximum atomic E-state index is 11.8. The average molecular weight is 408 g/mol. The number of aromatic hydroxyl groups is 1. The first-order valence-electron chi connectivity index (χ1n) is 10.6. The van der Waals surface area contributed by atoms with Crippen molar-refractivity contribution in [2.24, 2.45) is 4.99 Å². The molecule has 30 heavy (non-hydrogen) atoms. The van der Waals surface area contributed by atoms with E-state index in [9.17, 15) is 9.90 Å². The van der Waals surface area contributed by atoms with Crippen molar-refractivity contribution in [3.63, 3.8) is 0 Å². The van der Waals surface area contributed by atoms with Crippen molar-refractivity contribution in [3.8, 4) is 11.5 Å². The monoisotopic (exact) mass is 407 g/mol. The predicted octanol–water partition coefficient (Wildman–Crippen LogP) is 3.65. The number of aliphatic imine (C=N–C) groups is 1. The molecule has 1 fully saturated rings. The van der Waals surface area contributed by atoms with Crippen LogP contribution < -0.4 is 10.1 Å². The zero-order chi connectivity index (χ0) is 21.1. The zero-order valence-corrected chi connectivity index (χ0v) is 17.6. The topological polar surface area (TPSA) is 74.2 Å². The van der Waals surface area contributed by atoms with Crippen LogP contribution in [0.3, 0.4) is 0 Å². The van der Waals surface area contributed by atoms with E-state index in [-0.39, 0.29) is 17.7 Å². The van der Waals surface area contributed by atoms with Gasteiger partial charge in [-0.25, -0.2) is 0 Å². The van der Waals surface area contributed by atoms with Gasteiger partial charge < -0.3 is 14.7 Å². The first-order chi connectivity index (χ1) is 14.5. The standard InChI is InChI=1S/C24H29N3O3/c1-3-30-22-11-7-10-19(23(22)29)21-16-20(18-8-5-4-6-9-18)25-24(26-21)12-14-27(15-13-24)17(2)28/h4-11,21,26,29H,3,12-16H2,1-2H3. The first kappa shape index (κ1) is 20.4. The summed E-state index contributed by atoms with van der Waals surface area (Å²) in [6.07, 6.45) is 2.15. The molecule has 0 aromatic heterocycles. The molecule has 6 heteroatoms. The lowest BCUT2D eigenvalue weighted by molar-refractivity contribution is -0.130. The van der Waals surface area contributed by atoms with Gasteiger partial charge in [-0.05, 0) is 18.6 Å². The van der Waals surface area contributed by atoms with Crippen molar-refractivity contribution in [2.75, 3.05) is 19.7 Å². The van der Waals surface area contributed by atoms with Gasteiger partial charge in [0.1, 0.15) is 5.66 Å². The summed E-state index contributed by atoms with van der Waals surface area (Å²) >= 11 is 0. The van der Waals surface area contributed by atoms with Crippen molar-refractivity contribution >= 4 is 11.6 Å². The molecule has 2 aliphatic heterocycles. The van der Waals surface area contributed by atoms with Crippen LogP contribution in [0.5, 0.6) is 11.5 Å². The van der Waals surface area contributed by atoms with Gasteiger partial charge in [0, 0.05) is 56.6 Å². The van der Waals surface area contributed by atoms with Crippen LogP contribution in [-0.4, -0.2) is 47.0 Å². The van der Waals surface area contributed by atoms with Crippen LogP contribution in [0.1, 0.15) is 50.3 Å². The summed E-state index contributed by atoms with van der Waals surface area (Å²) < 4.78 is 5.60. The molecule has 0 radical (unpaired) electrons. The van der Waals surface area contributed by atoms with E-state index in [1.165, 1.54) is 0 Å². The van der Waals surface area contributed by atoms with Crippen molar-refractivity contribution < 1.29 is 14.6 Å². The van der Waals surface area contributed by atoms with E-state index in [2.05, 4.69) is 17.4 Å². The minimum Gasteiger partial charge on any atom is -0.504 e. The highest BCUT2D eigenvalue weighted by Crippen LogP contribution is 2.40. The normalized spacial score (nSPS) is 20.7. The third-order valence-corrected chi connectivity index (χ3v) is 6.04. The molecule has 0 aliphatic carbocycles. The number of para-hydroxylation sites is 1. The average Bonchev–Trinajstić information content (AvgIpc) is 2.76. The Kier molecular flexibility index (Phi) is 5.77. The number of carbonyl (C=O) groups is 1. The van der Waals surface area contributed by atoms with Gasteiger partial charge in [0.2, 0.25) is 5.91 Å². The number of hydrogen-bond donors (Lipinski definition) is 2. The molecule has 6 nitrogen and oxygen atoms in total. The van der Waals surface area contributed by atoms with E-state index in [4.69, 9.17) is 9.73 Å². The van der Waals surface area contributed by atoms with Gasteiger partial charge in [-0.1, -0.05) is 42.5 Å². The maximum absolute atomic E-state index is 11.8. The largest absolute Gasteiger partial charge is 0.504 e. The summed E-state index contributed by atoms with van der Waals surface area (Å²) in [7, 11) is 0. The molecule has 1 amide bonds. The van der Waals surface area contributed by atoms with E-state index >= 15 is 0 Å². The van der Waals surface area contributed by atoms with Crippen molar-refractivity contribution in [2.45, 2.75) is 44.8 Å². The molecule has 2 aliphatic rings. The molecule has 0 saturated carbocycles. The number of rotatable bonds is 4. The summed E-state index contributed by atoms with van der Waals surface area (Å²) in [6.45, 7) is 5.36. The lowest BCUT2D eigenvalue weighted by Crippen LogP contribution is -2.56. The van der Waals surface area contributed by atoms with E-state index in [1.807, 2.05) is 42.2 Å². The Labute approximate surface area is 177 Å². The van der Waals surface area contributed by atoms with E-state index < -0.39 is 5.66 Å². The summed E-state index contributed by atoms with van der Waals surface area (Å²) in [4.78, 5) is 18.8. The summed E-state index contributed by atoms with van der Waals surface area (Å²) in [5, 5.41) is 14.6. The molecule has 2 aromatic carbocycles. The van der Waals surface area contributed by atoms with Crippen LogP contribution in [0.4, 0.5) is 0 Å². The Morgan fingerprint density at radius 3 is 2.60 bits per heavy atom. The summed E-state index contributed by atoms with van der Waals surface area (Å²) in [5.74, 6) is 0.787. The van der Waals surface area contributed by atoms with E-state index in [0.29, 0.717) is 31.9 Å². The summed E-state index contributed by atoms with van der Waals surface area (Å²) in [5.41, 5.74) is 2.49. The van der Waals surface area contributed by atoms with E-state index in [1.54, 1.807) is 13.0 Å². The molecule has 1 spiro atoms. The number of likely N-dealkylation sites (tertiary alicyclic amines) is 1. The maximum Gasteiger partial charge on any atom is 0.219 e. The van der Waals surface area contributed by atoms with Crippen LogP contribution in [0.15, 0.2) is 53.5 Å². The number of nitrogens with zero attached hydrogens (tertiary/aromatic N) is 2. The molecule has 2 N–H and O–H groups in total. The molecule has 2 heterocycles. The number of phenols is 1. The zero-order valence-electron chi connectivity index (χ0n) is 17.6. The third kappa shape index (κ3) is 4.05. The Morgan fingerprint density at radius 2 is 1.93 bits per heavy atom. The molecule has 0 bridgehead atoms. The van der Waals surface area contributed by atoms with Gasteiger partial charge >= 0.3 is 0 Å². The van der Waals surface area contributed by atoms with E-state index in [0.717, 1.165) is 29.7 Å². The number of ether oxygens (including phenoxy) is 1. The van der Waals surface area contributed by atoms with Gasteiger partial charge in [0.25, 0.3) is 0 Å². The van der Waals surface area contributed by atoms with Crippen molar-refractivity contribution in [3.05, 3.63) is 59.7 Å². The number of carbonyl (C=O) groups excluding carboxylic acids is 1. The Bertz CT molecular complexity index is 934. The van der Waals surface area contributed by atoms with Crippen LogP contribution >= 0.6 is 0 Å². The van der Waals surface area contributed by atoms with Crippen LogP contribution in [0.2, 0.25) is 0 Å². The fraction of sp³-hybridized carbons (Fsp3) is 0.417. The molecular weight excluding hydrogens is 378 g/mol. The molecular formula is C24H29N3O3. The number of phenolic OH excluding ortho intramolecular Hbond substituents is 1. The van der Waals surface area contributed by atoms with Gasteiger partial charge in [-0.3, -0.25) is 15.1 Å². The third-order valence-electron chi connectivity index (χ3n) is 6.04. The lowest BCUT2D eigenvalue weighted by Gasteiger charge is -2.45. The predicted molar refractivity (Wildman–Crippen MR) is 117 cm³/mol. The smallest absolute Gasteiger partial charge is 0.219 e. The van der Waals surface area contributed by atoms with Crippen LogP contribution in [-0.2, 0) is 4.79 Å². The Morgan fingerprint density at radius 1 is 1.20 bits per heavy atom. The molecule has 1 unspecified atom stereocenters. The second-order valence-electron chi connectivity index (χ2n) is 7.99. The summed E-state index contributed by atoms with van der Waals surface area (Å²) in [6, 6.07) is 15.8. The molecule has 1 saturated heterocycles. The number of nitrogens with one attached hydrogen (secondary N) is 1. The molecule has 2 aromatic rings. The van der Waals surface area contributed by atoms with Gasteiger partial charge in [-0.15, -0.1) is 0 Å². The van der Waals surface area contributed by atoms with Gasteiger partial charge in [0.15, 0.2) is 11.5 Å². The fourth-order valence-electron chi connectivity index (χ4n) is 4.45. The molecule has 1 atom stereocenters.